The van der Waals surface area contributed by atoms with E-state index in [2.05, 4.69) is 5.32 Å². The number of nitrogens with one attached hydrogen (secondary N) is 1. The molecule has 1 heterocycles. The van der Waals surface area contributed by atoms with Crippen molar-refractivity contribution in [3.8, 4) is 0 Å². The Morgan fingerprint density at radius 1 is 1.43 bits per heavy atom. The lowest BCUT2D eigenvalue weighted by molar-refractivity contribution is -0.132. The Morgan fingerprint density at radius 2 is 2.14 bits per heavy atom. The van der Waals surface area contributed by atoms with Crippen molar-refractivity contribution in [1.82, 2.24) is 15.1 Å². The molecule has 1 aromatic carbocycles. The van der Waals surface area contributed by atoms with Gasteiger partial charge < -0.3 is 5.32 Å². The molecular formula is C14H17Cl2N3O2. The van der Waals surface area contributed by atoms with Gasteiger partial charge in [0.2, 0.25) is 5.91 Å². The molecule has 0 saturated carbocycles. The van der Waals surface area contributed by atoms with E-state index >= 15 is 0 Å². The Bertz CT molecular complexity index is 565. The number of benzene rings is 1. The second-order valence-corrected chi connectivity index (χ2v) is 5.88. The van der Waals surface area contributed by atoms with E-state index in [1.807, 2.05) is 18.0 Å². The summed E-state index contributed by atoms with van der Waals surface area (Å²) >= 11 is 11.9. The van der Waals surface area contributed by atoms with Crippen molar-refractivity contribution in [3.05, 3.63) is 33.8 Å². The molecule has 1 aromatic rings. The normalized spacial score (nSPS) is 16.2. The lowest BCUT2D eigenvalue weighted by Gasteiger charge is -2.26. The summed E-state index contributed by atoms with van der Waals surface area (Å²) in [5.41, 5.74) is 0.956. The van der Waals surface area contributed by atoms with Crippen LogP contribution in [0.5, 0.6) is 0 Å². The number of urea groups is 1. The third kappa shape index (κ3) is 3.67. The van der Waals surface area contributed by atoms with Crippen LogP contribution in [0.15, 0.2) is 18.2 Å². The third-order valence-electron chi connectivity index (χ3n) is 3.56. The van der Waals surface area contributed by atoms with Gasteiger partial charge in [-0.3, -0.25) is 14.6 Å². The molecule has 0 aliphatic carbocycles. The summed E-state index contributed by atoms with van der Waals surface area (Å²) in [7, 11) is 1.83. The molecule has 5 nitrogen and oxygen atoms in total. The van der Waals surface area contributed by atoms with Crippen LogP contribution >= 0.6 is 23.2 Å². The maximum atomic E-state index is 12.3. The Kier molecular flexibility index (Phi) is 5.08. The predicted molar refractivity (Wildman–Crippen MR) is 82.5 cm³/mol. The fourth-order valence-corrected chi connectivity index (χ4v) is 2.48. The molecule has 1 atom stereocenters. The van der Waals surface area contributed by atoms with Gasteiger partial charge >= 0.3 is 6.03 Å². The second kappa shape index (κ2) is 6.64. The van der Waals surface area contributed by atoms with Crippen LogP contribution < -0.4 is 5.32 Å². The second-order valence-electron chi connectivity index (χ2n) is 5.06. The minimum Gasteiger partial charge on any atom is -0.336 e. The minimum atomic E-state index is -0.400. The molecule has 1 N–H and O–H groups in total. The van der Waals surface area contributed by atoms with Crippen molar-refractivity contribution in [3.63, 3.8) is 0 Å². The van der Waals surface area contributed by atoms with E-state index in [0.717, 1.165) is 5.56 Å². The highest BCUT2D eigenvalue weighted by Crippen LogP contribution is 2.23. The van der Waals surface area contributed by atoms with Gasteiger partial charge in [-0.25, -0.2) is 4.79 Å². The topological polar surface area (TPSA) is 52.7 Å². The number of amides is 3. The molecule has 2 rings (SSSR count). The molecule has 7 heteroatoms. The van der Waals surface area contributed by atoms with Crippen molar-refractivity contribution in [1.29, 1.82) is 0 Å². The maximum Gasteiger partial charge on any atom is 0.324 e. The Balaban J connectivity index is 2.01. The summed E-state index contributed by atoms with van der Waals surface area (Å²) in [6.45, 7) is 3.25. The molecule has 1 aliphatic heterocycles. The Labute approximate surface area is 133 Å². The highest BCUT2D eigenvalue weighted by atomic mass is 35.5. The molecule has 0 spiro atoms. The van der Waals surface area contributed by atoms with E-state index < -0.39 is 6.04 Å². The van der Waals surface area contributed by atoms with E-state index in [1.54, 1.807) is 19.1 Å². The average molecular weight is 330 g/mol. The summed E-state index contributed by atoms with van der Waals surface area (Å²) in [6.07, 6.45) is 0. The average Bonchev–Trinajstić information content (AvgIpc) is 2.87. The van der Waals surface area contributed by atoms with Gasteiger partial charge in [0, 0.05) is 19.6 Å². The number of nitrogens with zero attached hydrogens (tertiary/aromatic N) is 2. The first-order chi connectivity index (χ1) is 9.90. The summed E-state index contributed by atoms with van der Waals surface area (Å²) in [6, 6.07) is 4.65. The lowest BCUT2D eigenvalue weighted by atomic mass is 10.2. The standard InChI is InChI=1S/C14H17Cl2N3O2/c1-9(13(20)19-6-5-17-14(19)21)18(2)8-10-3-4-11(15)12(16)7-10/h3-4,7,9H,5-6,8H2,1-2H3,(H,17,21)/t9-/m0/s1. The van der Waals surface area contributed by atoms with Crippen molar-refractivity contribution in [2.75, 3.05) is 20.1 Å². The first-order valence-corrected chi connectivity index (χ1v) is 7.39. The number of carbonyl (C=O) groups is 2. The van der Waals surface area contributed by atoms with Gasteiger partial charge in [-0.15, -0.1) is 0 Å². The van der Waals surface area contributed by atoms with Gasteiger partial charge in [0.1, 0.15) is 0 Å². The zero-order chi connectivity index (χ0) is 15.6. The number of carbonyl (C=O) groups excluding carboxylic acids is 2. The molecule has 0 radical (unpaired) electrons. The van der Waals surface area contributed by atoms with Crippen molar-refractivity contribution < 1.29 is 9.59 Å². The third-order valence-corrected chi connectivity index (χ3v) is 4.30. The molecular weight excluding hydrogens is 313 g/mol. The van der Waals surface area contributed by atoms with Gasteiger partial charge in [-0.05, 0) is 31.7 Å². The first-order valence-electron chi connectivity index (χ1n) is 6.63. The number of likely N-dealkylation sites (N-methyl/N-ethyl adjacent to an activating group) is 1. The molecule has 0 bridgehead atoms. The number of imide groups is 1. The predicted octanol–water partition coefficient (Wildman–Crippen LogP) is 2.37. The highest BCUT2D eigenvalue weighted by molar-refractivity contribution is 6.42. The molecule has 114 valence electrons. The van der Waals surface area contributed by atoms with Crippen LogP contribution in [0.1, 0.15) is 12.5 Å². The summed E-state index contributed by atoms with van der Waals surface area (Å²) in [5, 5.41) is 3.61. The molecule has 1 aliphatic rings. The van der Waals surface area contributed by atoms with Crippen molar-refractivity contribution in [2.45, 2.75) is 19.5 Å². The van der Waals surface area contributed by atoms with E-state index in [1.165, 1.54) is 4.90 Å². The summed E-state index contributed by atoms with van der Waals surface area (Å²) < 4.78 is 0. The van der Waals surface area contributed by atoms with Crippen LogP contribution in [0.25, 0.3) is 0 Å². The fourth-order valence-electron chi connectivity index (χ4n) is 2.16. The molecule has 0 unspecified atom stereocenters. The van der Waals surface area contributed by atoms with Crippen LogP contribution in [0.3, 0.4) is 0 Å². The van der Waals surface area contributed by atoms with Crippen LogP contribution in [-0.2, 0) is 11.3 Å². The van der Waals surface area contributed by atoms with Crippen LogP contribution in [-0.4, -0.2) is 47.9 Å². The van der Waals surface area contributed by atoms with Gasteiger partial charge in [-0.2, -0.15) is 0 Å². The first kappa shape index (κ1) is 16.1. The minimum absolute atomic E-state index is 0.201. The number of halogens is 2. The smallest absolute Gasteiger partial charge is 0.324 e. The largest absolute Gasteiger partial charge is 0.336 e. The zero-order valence-corrected chi connectivity index (χ0v) is 13.4. The SMILES string of the molecule is C[C@@H](C(=O)N1CCNC1=O)N(C)Cc1ccc(Cl)c(Cl)c1. The van der Waals surface area contributed by atoms with Gasteiger partial charge in [0.05, 0.1) is 16.1 Å². The van der Waals surface area contributed by atoms with Gasteiger partial charge in [0.15, 0.2) is 0 Å². The van der Waals surface area contributed by atoms with Gasteiger partial charge in [-0.1, -0.05) is 29.3 Å². The Morgan fingerprint density at radius 3 is 2.71 bits per heavy atom. The summed E-state index contributed by atoms with van der Waals surface area (Å²) in [5.74, 6) is -0.201. The lowest BCUT2D eigenvalue weighted by Crippen LogP contribution is -2.46. The molecule has 1 fully saturated rings. The number of rotatable bonds is 4. The zero-order valence-electron chi connectivity index (χ0n) is 11.9. The van der Waals surface area contributed by atoms with Crippen LogP contribution in [0.4, 0.5) is 4.79 Å². The van der Waals surface area contributed by atoms with E-state index in [9.17, 15) is 9.59 Å². The highest BCUT2D eigenvalue weighted by Gasteiger charge is 2.31. The monoisotopic (exact) mass is 329 g/mol. The van der Waals surface area contributed by atoms with Gasteiger partial charge in [0.25, 0.3) is 0 Å². The molecule has 1 saturated heterocycles. The molecule has 3 amide bonds. The molecule has 21 heavy (non-hydrogen) atoms. The van der Waals surface area contributed by atoms with Crippen molar-refractivity contribution >= 4 is 35.1 Å². The van der Waals surface area contributed by atoms with Crippen molar-refractivity contribution in [2.24, 2.45) is 0 Å². The number of hydrogen-bond acceptors (Lipinski definition) is 3. The maximum absolute atomic E-state index is 12.3. The van der Waals surface area contributed by atoms with E-state index in [-0.39, 0.29) is 11.9 Å². The van der Waals surface area contributed by atoms with Crippen LogP contribution in [0, 0.1) is 0 Å². The number of hydrogen-bond donors (Lipinski definition) is 1. The fraction of sp³-hybridized carbons (Fsp3) is 0.429. The van der Waals surface area contributed by atoms with Crippen LogP contribution in [0.2, 0.25) is 10.0 Å². The van der Waals surface area contributed by atoms with E-state index in [0.29, 0.717) is 29.7 Å². The quantitative estimate of drug-likeness (QED) is 0.922. The molecule has 0 aromatic heterocycles. The Hall–Kier alpha value is -1.30. The summed E-state index contributed by atoms with van der Waals surface area (Å²) in [4.78, 5) is 26.9. The van der Waals surface area contributed by atoms with E-state index in [4.69, 9.17) is 23.2 Å².